The lowest BCUT2D eigenvalue weighted by atomic mass is 10.0. The fourth-order valence-corrected chi connectivity index (χ4v) is 5.43. The molecule has 0 spiro atoms. The summed E-state index contributed by atoms with van der Waals surface area (Å²) < 4.78 is 35.2. The van der Waals surface area contributed by atoms with Gasteiger partial charge in [0.25, 0.3) is 0 Å². The number of anilines is 1. The van der Waals surface area contributed by atoms with E-state index in [2.05, 4.69) is 10.4 Å². The Morgan fingerprint density at radius 1 is 0.838 bits per heavy atom. The van der Waals surface area contributed by atoms with Gasteiger partial charge in [-0.05, 0) is 75.4 Å². The summed E-state index contributed by atoms with van der Waals surface area (Å²) in [7, 11) is -0.468. The van der Waals surface area contributed by atoms with Crippen LogP contribution in [0.2, 0.25) is 0 Å². The third-order valence-corrected chi connectivity index (χ3v) is 7.08. The molecule has 0 aliphatic carbocycles. The van der Waals surface area contributed by atoms with Gasteiger partial charge in [-0.1, -0.05) is 38.1 Å². The van der Waals surface area contributed by atoms with Crippen molar-refractivity contribution in [3.8, 4) is 11.5 Å². The highest BCUT2D eigenvalue weighted by atomic mass is 31.2. The van der Waals surface area contributed by atoms with E-state index in [1.54, 1.807) is 41.9 Å². The molecule has 2 N–H and O–H groups in total. The van der Waals surface area contributed by atoms with Crippen molar-refractivity contribution in [3.63, 3.8) is 0 Å². The summed E-state index contributed by atoms with van der Waals surface area (Å²) in [6.07, 6.45) is 3.72. The molecular formula is C28H41N2O6P. The maximum atomic E-state index is 13.3. The van der Waals surface area contributed by atoms with Crippen LogP contribution in [-0.4, -0.2) is 38.4 Å². The Labute approximate surface area is 221 Å². The summed E-state index contributed by atoms with van der Waals surface area (Å²) >= 11 is 0. The van der Waals surface area contributed by atoms with Crippen LogP contribution in [0.4, 0.5) is 5.69 Å². The lowest BCUT2D eigenvalue weighted by Gasteiger charge is -2.28. The molecule has 0 aliphatic heterocycles. The number of nitrogens with one attached hydrogen (secondary N) is 2. The summed E-state index contributed by atoms with van der Waals surface area (Å²) in [4.78, 5) is 13.2. The van der Waals surface area contributed by atoms with E-state index in [1.807, 2.05) is 68.5 Å². The number of hydrogen-bond donors (Lipinski definition) is 2. The molecule has 0 saturated carbocycles. The molecule has 0 radical (unpaired) electrons. The highest BCUT2D eigenvalue weighted by molar-refractivity contribution is 7.51. The van der Waals surface area contributed by atoms with Crippen molar-refractivity contribution in [2.45, 2.75) is 66.2 Å². The number of carbonyl (C=O) groups excluding carboxylic acids is 1. The Morgan fingerprint density at radius 2 is 1.35 bits per heavy atom. The van der Waals surface area contributed by atoms with Gasteiger partial charge in [0.15, 0.2) is 0 Å². The molecule has 37 heavy (non-hydrogen) atoms. The maximum absolute atomic E-state index is 13.3. The van der Waals surface area contributed by atoms with E-state index in [1.165, 1.54) is 0 Å². The largest absolute Gasteiger partial charge is 0.497 e. The summed E-state index contributed by atoms with van der Waals surface area (Å²) in [5, 5.41) is 5.80. The quantitative estimate of drug-likeness (QED) is 0.205. The van der Waals surface area contributed by atoms with Crippen molar-refractivity contribution >= 4 is 31.5 Å². The van der Waals surface area contributed by atoms with Crippen LogP contribution in [0.25, 0.3) is 12.2 Å². The normalized spacial score (nSPS) is 12.9. The molecule has 9 heteroatoms. The van der Waals surface area contributed by atoms with Gasteiger partial charge in [0.05, 0.1) is 32.5 Å². The van der Waals surface area contributed by atoms with E-state index in [9.17, 15) is 9.36 Å². The Balaban J connectivity index is 2.14. The Morgan fingerprint density at radius 3 is 1.81 bits per heavy atom. The van der Waals surface area contributed by atoms with Gasteiger partial charge in [-0.25, -0.2) is 9.65 Å². The first-order valence-corrected chi connectivity index (χ1v) is 14.0. The number of amides is 1. The third kappa shape index (κ3) is 10.7. The topological polar surface area (TPSA) is 95.1 Å². The first kappa shape index (κ1) is 30.6. The third-order valence-electron chi connectivity index (χ3n) is 5.06. The average Bonchev–Trinajstić information content (AvgIpc) is 2.81. The predicted octanol–water partition coefficient (Wildman–Crippen LogP) is 6.78. The number of rotatable bonds is 14. The Kier molecular flexibility index (Phi) is 11.9. The van der Waals surface area contributed by atoms with E-state index in [0.717, 1.165) is 11.1 Å². The van der Waals surface area contributed by atoms with E-state index >= 15 is 0 Å². The molecule has 1 atom stereocenters. The smallest absolute Gasteiger partial charge is 0.406 e. The second-order valence-corrected chi connectivity index (χ2v) is 11.4. The number of methoxy groups -OCH3 is 2. The molecule has 2 aromatic carbocycles. The van der Waals surface area contributed by atoms with E-state index in [-0.39, 0.29) is 24.0 Å². The first-order valence-electron chi connectivity index (χ1n) is 12.5. The average molecular weight is 533 g/mol. The van der Waals surface area contributed by atoms with Crippen LogP contribution in [0, 0.1) is 5.92 Å². The zero-order valence-corrected chi connectivity index (χ0v) is 24.0. The standard InChI is InChI=1S/C28H41N2O6P/c1-19(2)15-27(30-37(32,35-20(3)4)36-21(5)6)28(31)29-24-13-11-22(12-14-24)9-10-23-16-25(33-7)18-26(17-23)34-8/h9-14,16-21,27H,15H2,1-8H3,(H,29,31)(H,30,32)/b10-9+. The van der Waals surface area contributed by atoms with Gasteiger partial charge < -0.3 is 14.8 Å². The Hall–Kier alpha value is -2.64. The van der Waals surface area contributed by atoms with Gasteiger partial charge in [0, 0.05) is 11.8 Å². The number of benzene rings is 2. The van der Waals surface area contributed by atoms with E-state index in [4.69, 9.17) is 18.5 Å². The molecule has 2 aromatic rings. The second-order valence-electron chi connectivity index (χ2n) is 9.71. The predicted molar refractivity (Wildman–Crippen MR) is 150 cm³/mol. The molecule has 1 amide bonds. The molecule has 2 rings (SSSR count). The van der Waals surface area contributed by atoms with Crippen LogP contribution >= 0.6 is 7.75 Å². The molecule has 8 nitrogen and oxygen atoms in total. The molecule has 0 bridgehead atoms. The molecule has 204 valence electrons. The Bertz CT molecular complexity index is 1050. The van der Waals surface area contributed by atoms with Crippen LogP contribution in [-0.2, 0) is 18.4 Å². The molecule has 0 saturated heterocycles. The van der Waals surface area contributed by atoms with Crippen molar-refractivity contribution in [1.82, 2.24) is 5.09 Å². The lowest BCUT2D eigenvalue weighted by molar-refractivity contribution is -0.118. The van der Waals surface area contributed by atoms with Gasteiger partial charge in [0.1, 0.15) is 11.5 Å². The van der Waals surface area contributed by atoms with Gasteiger partial charge in [0.2, 0.25) is 5.91 Å². The fraction of sp³-hybridized carbons (Fsp3) is 0.464. The van der Waals surface area contributed by atoms with Gasteiger partial charge in [-0.15, -0.1) is 0 Å². The van der Waals surface area contributed by atoms with Crippen molar-refractivity contribution in [2.75, 3.05) is 19.5 Å². The lowest BCUT2D eigenvalue weighted by Crippen LogP contribution is -2.41. The summed E-state index contributed by atoms with van der Waals surface area (Å²) in [5.74, 6) is 1.30. The monoisotopic (exact) mass is 532 g/mol. The van der Waals surface area contributed by atoms with E-state index < -0.39 is 13.8 Å². The number of carbonyl (C=O) groups is 1. The maximum Gasteiger partial charge on any atom is 0.406 e. The van der Waals surface area contributed by atoms with Crippen LogP contribution < -0.4 is 19.9 Å². The van der Waals surface area contributed by atoms with Crippen LogP contribution in [0.1, 0.15) is 59.1 Å². The van der Waals surface area contributed by atoms with Gasteiger partial charge in [-0.2, -0.15) is 0 Å². The molecule has 0 aliphatic rings. The molecule has 0 fully saturated rings. The zero-order chi connectivity index (χ0) is 27.6. The highest BCUT2D eigenvalue weighted by Crippen LogP contribution is 2.47. The molecule has 1 unspecified atom stereocenters. The molecule has 0 heterocycles. The van der Waals surface area contributed by atoms with Crippen molar-refractivity contribution in [3.05, 3.63) is 53.6 Å². The van der Waals surface area contributed by atoms with Crippen molar-refractivity contribution in [1.29, 1.82) is 0 Å². The SMILES string of the molecule is COc1cc(/C=C/c2ccc(NC(=O)C(CC(C)C)NP(=O)(OC(C)C)OC(C)C)cc2)cc(OC)c1. The van der Waals surface area contributed by atoms with Crippen LogP contribution in [0.15, 0.2) is 42.5 Å². The second kappa shape index (κ2) is 14.3. The van der Waals surface area contributed by atoms with Gasteiger partial charge >= 0.3 is 7.75 Å². The van der Waals surface area contributed by atoms with E-state index in [0.29, 0.717) is 23.6 Å². The molecule has 0 aromatic heterocycles. The summed E-state index contributed by atoms with van der Waals surface area (Å²) in [6.45, 7) is 11.1. The minimum absolute atomic E-state index is 0.178. The zero-order valence-electron chi connectivity index (χ0n) is 23.1. The van der Waals surface area contributed by atoms with Crippen LogP contribution in [0.5, 0.6) is 11.5 Å². The van der Waals surface area contributed by atoms with Crippen molar-refractivity contribution in [2.24, 2.45) is 5.92 Å². The first-order chi connectivity index (χ1) is 17.4. The fourth-order valence-electron chi connectivity index (χ4n) is 3.55. The highest BCUT2D eigenvalue weighted by Gasteiger charge is 2.34. The molecular weight excluding hydrogens is 491 g/mol. The summed E-state index contributed by atoms with van der Waals surface area (Å²) in [6, 6.07) is 12.4. The van der Waals surface area contributed by atoms with Gasteiger partial charge in [-0.3, -0.25) is 13.8 Å². The number of hydrogen-bond acceptors (Lipinski definition) is 6. The van der Waals surface area contributed by atoms with Crippen LogP contribution in [0.3, 0.4) is 0 Å². The minimum atomic E-state index is -3.70. The summed E-state index contributed by atoms with van der Waals surface area (Å²) in [5.41, 5.74) is 2.52. The minimum Gasteiger partial charge on any atom is -0.497 e. The number of ether oxygens (including phenoxy) is 2. The van der Waals surface area contributed by atoms with Crippen molar-refractivity contribution < 1.29 is 27.9 Å².